The molecule has 36 heavy (non-hydrogen) atoms. The average Bonchev–Trinajstić information content (AvgIpc) is 3.25. The van der Waals surface area contributed by atoms with Crippen LogP contribution in [0, 0.1) is 6.92 Å². The molecule has 0 atom stereocenters. The van der Waals surface area contributed by atoms with E-state index >= 15 is 0 Å². The van der Waals surface area contributed by atoms with Gasteiger partial charge in [0.05, 0.1) is 29.1 Å². The predicted octanol–water partition coefficient (Wildman–Crippen LogP) is 6.73. The SMILES string of the molecule is COc1ccc(-c2cc(C(=O)N3CCN(c4cccc(Cl)c4)CC3)c(C)n2-c2ccccc2Cl)cc1. The van der Waals surface area contributed by atoms with Crippen molar-refractivity contribution in [2.45, 2.75) is 6.92 Å². The number of amides is 1. The number of ether oxygens (including phenoxy) is 1. The molecule has 2 heterocycles. The van der Waals surface area contributed by atoms with Gasteiger partial charge in [0, 0.05) is 42.6 Å². The zero-order valence-corrected chi connectivity index (χ0v) is 21.8. The highest BCUT2D eigenvalue weighted by Crippen LogP contribution is 2.34. The van der Waals surface area contributed by atoms with Gasteiger partial charge in [0.15, 0.2) is 0 Å². The maximum absolute atomic E-state index is 13.8. The lowest BCUT2D eigenvalue weighted by Crippen LogP contribution is -2.48. The molecule has 4 aromatic rings. The minimum absolute atomic E-state index is 0.0267. The number of nitrogens with zero attached hydrogens (tertiary/aromatic N) is 3. The molecule has 0 radical (unpaired) electrons. The lowest BCUT2D eigenvalue weighted by Gasteiger charge is -2.36. The van der Waals surface area contributed by atoms with Crippen LogP contribution in [-0.2, 0) is 0 Å². The average molecular weight is 520 g/mol. The highest BCUT2D eigenvalue weighted by Gasteiger charge is 2.27. The first-order valence-corrected chi connectivity index (χ1v) is 12.6. The van der Waals surface area contributed by atoms with Crippen LogP contribution in [0.5, 0.6) is 5.75 Å². The van der Waals surface area contributed by atoms with Gasteiger partial charge in [0.2, 0.25) is 0 Å². The number of piperazine rings is 1. The molecule has 1 aromatic heterocycles. The number of rotatable bonds is 5. The topological polar surface area (TPSA) is 37.7 Å². The number of carbonyl (C=O) groups excluding carboxylic acids is 1. The van der Waals surface area contributed by atoms with Crippen LogP contribution >= 0.6 is 23.2 Å². The number of hydrogen-bond acceptors (Lipinski definition) is 3. The zero-order valence-electron chi connectivity index (χ0n) is 20.2. The number of anilines is 1. The molecule has 0 N–H and O–H groups in total. The lowest BCUT2D eigenvalue weighted by atomic mass is 10.1. The Kier molecular flexibility index (Phi) is 6.95. The number of carbonyl (C=O) groups is 1. The van der Waals surface area contributed by atoms with Crippen molar-refractivity contribution in [1.29, 1.82) is 0 Å². The van der Waals surface area contributed by atoms with Crippen molar-refractivity contribution in [3.63, 3.8) is 0 Å². The number of aromatic nitrogens is 1. The summed E-state index contributed by atoms with van der Waals surface area (Å²) in [5.41, 5.74) is 5.34. The molecule has 1 aliphatic rings. The fraction of sp³-hybridized carbons (Fsp3) is 0.207. The van der Waals surface area contributed by atoms with E-state index in [4.69, 9.17) is 27.9 Å². The Balaban J connectivity index is 1.47. The van der Waals surface area contributed by atoms with Gasteiger partial charge in [-0.3, -0.25) is 4.79 Å². The van der Waals surface area contributed by atoms with Crippen LogP contribution in [-0.4, -0.2) is 48.7 Å². The first kappa shape index (κ1) is 24.3. The van der Waals surface area contributed by atoms with Crippen molar-refractivity contribution in [1.82, 2.24) is 9.47 Å². The van der Waals surface area contributed by atoms with Crippen LogP contribution in [0.2, 0.25) is 10.0 Å². The minimum Gasteiger partial charge on any atom is -0.497 e. The van der Waals surface area contributed by atoms with Gasteiger partial charge in [0.1, 0.15) is 5.75 Å². The zero-order chi connectivity index (χ0) is 25.2. The maximum Gasteiger partial charge on any atom is 0.255 e. The van der Waals surface area contributed by atoms with Gasteiger partial charge in [-0.05, 0) is 73.2 Å². The molecule has 1 amide bonds. The van der Waals surface area contributed by atoms with Crippen LogP contribution in [0.4, 0.5) is 5.69 Å². The summed E-state index contributed by atoms with van der Waals surface area (Å²) in [6, 6.07) is 25.4. The van der Waals surface area contributed by atoms with Gasteiger partial charge in [-0.25, -0.2) is 0 Å². The first-order chi connectivity index (χ1) is 17.5. The molecular formula is C29H27Cl2N3O2. The van der Waals surface area contributed by atoms with Crippen LogP contribution in [0.25, 0.3) is 16.9 Å². The van der Waals surface area contributed by atoms with E-state index in [1.807, 2.05) is 84.6 Å². The molecular weight excluding hydrogens is 493 g/mol. The standard InChI is InChI=1S/C29H27Cl2N3O2/c1-20-25(29(35)33-16-14-32(15-17-33)23-7-5-6-22(30)18-23)19-28(21-10-12-24(36-2)13-11-21)34(20)27-9-4-3-8-26(27)31/h3-13,18-19H,14-17H2,1-2H3. The molecule has 0 spiro atoms. The summed E-state index contributed by atoms with van der Waals surface area (Å²) in [5.74, 6) is 0.805. The summed E-state index contributed by atoms with van der Waals surface area (Å²) >= 11 is 12.8. The highest BCUT2D eigenvalue weighted by atomic mass is 35.5. The summed E-state index contributed by atoms with van der Waals surface area (Å²) in [6.07, 6.45) is 0. The smallest absolute Gasteiger partial charge is 0.255 e. The summed E-state index contributed by atoms with van der Waals surface area (Å²) < 4.78 is 7.40. The third-order valence-corrected chi connectivity index (χ3v) is 7.25. The highest BCUT2D eigenvalue weighted by molar-refractivity contribution is 6.32. The molecule has 0 aliphatic carbocycles. The second-order valence-corrected chi connectivity index (χ2v) is 9.65. The summed E-state index contributed by atoms with van der Waals surface area (Å²) in [6.45, 7) is 4.76. The third kappa shape index (κ3) is 4.69. The van der Waals surface area contributed by atoms with Crippen molar-refractivity contribution in [3.8, 4) is 22.7 Å². The van der Waals surface area contributed by atoms with Gasteiger partial charge in [0.25, 0.3) is 5.91 Å². The van der Waals surface area contributed by atoms with E-state index in [1.165, 1.54) is 0 Å². The quantitative estimate of drug-likeness (QED) is 0.293. The lowest BCUT2D eigenvalue weighted by molar-refractivity contribution is 0.0746. The molecule has 1 aliphatic heterocycles. The second-order valence-electron chi connectivity index (χ2n) is 8.80. The van der Waals surface area contributed by atoms with Gasteiger partial charge in [-0.15, -0.1) is 0 Å². The van der Waals surface area contributed by atoms with Gasteiger partial charge in [-0.2, -0.15) is 0 Å². The molecule has 7 heteroatoms. The molecule has 0 unspecified atom stereocenters. The molecule has 0 bridgehead atoms. The van der Waals surface area contributed by atoms with Crippen molar-refractivity contribution < 1.29 is 9.53 Å². The van der Waals surface area contributed by atoms with E-state index in [0.29, 0.717) is 28.7 Å². The van der Waals surface area contributed by atoms with Gasteiger partial charge in [-0.1, -0.05) is 41.4 Å². The monoisotopic (exact) mass is 519 g/mol. The molecule has 0 saturated carbocycles. The molecule has 184 valence electrons. The predicted molar refractivity (Wildman–Crippen MR) is 147 cm³/mol. The summed E-state index contributed by atoms with van der Waals surface area (Å²) in [5, 5.41) is 1.34. The van der Waals surface area contributed by atoms with E-state index in [-0.39, 0.29) is 5.91 Å². The molecule has 1 saturated heterocycles. The Morgan fingerprint density at radius 1 is 0.861 bits per heavy atom. The Morgan fingerprint density at radius 3 is 2.25 bits per heavy atom. The molecule has 1 fully saturated rings. The minimum atomic E-state index is 0.0267. The number of para-hydroxylation sites is 1. The first-order valence-electron chi connectivity index (χ1n) is 11.9. The van der Waals surface area contributed by atoms with Gasteiger partial charge >= 0.3 is 0 Å². The van der Waals surface area contributed by atoms with E-state index in [1.54, 1.807) is 7.11 Å². The third-order valence-electron chi connectivity index (χ3n) is 6.70. The largest absolute Gasteiger partial charge is 0.497 e. The number of benzene rings is 3. The van der Waals surface area contributed by atoms with Crippen molar-refractivity contribution in [3.05, 3.63) is 100 Å². The van der Waals surface area contributed by atoms with E-state index in [9.17, 15) is 4.79 Å². The number of halogens is 2. The molecule has 5 nitrogen and oxygen atoms in total. The molecule has 3 aromatic carbocycles. The Bertz CT molecular complexity index is 1390. The Hall–Kier alpha value is -3.41. The van der Waals surface area contributed by atoms with Crippen LogP contribution < -0.4 is 9.64 Å². The van der Waals surface area contributed by atoms with Crippen LogP contribution in [0.3, 0.4) is 0 Å². The maximum atomic E-state index is 13.8. The van der Waals surface area contributed by atoms with E-state index in [2.05, 4.69) is 15.5 Å². The number of hydrogen-bond donors (Lipinski definition) is 0. The van der Waals surface area contributed by atoms with Crippen molar-refractivity contribution in [2.75, 3.05) is 38.2 Å². The normalized spacial score (nSPS) is 13.7. The van der Waals surface area contributed by atoms with Crippen LogP contribution in [0.15, 0.2) is 78.9 Å². The molecule has 5 rings (SSSR count). The van der Waals surface area contributed by atoms with Crippen molar-refractivity contribution in [2.24, 2.45) is 0 Å². The van der Waals surface area contributed by atoms with Crippen LogP contribution in [0.1, 0.15) is 16.1 Å². The van der Waals surface area contributed by atoms with Gasteiger partial charge < -0.3 is 19.1 Å². The number of methoxy groups -OCH3 is 1. The van der Waals surface area contributed by atoms with E-state index < -0.39 is 0 Å². The Morgan fingerprint density at radius 2 is 1.58 bits per heavy atom. The Labute approximate surface area is 221 Å². The summed E-state index contributed by atoms with van der Waals surface area (Å²) in [7, 11) is 1.65. The summed E-state index contributed by atoms with van der Waals surface area (Å²) in [4.78, 5) is 17.9. The van der Waals surface area contributed by atoms with E-state index in [0.717, 1.165) is 47.2 Å². The second kappa shape index (κ2) is 10.3. The van der Waals surface area contributed by atoms with Crippen molar-refractivity contribution >= 4 is 34.8 Å². The fourth-order valence-corrected chi connectivity index (χ4v) is 5.16. The fourth-order valence-electron chi connectivity index (χ4n) is 4.75.